The number of hydrogen-bond acceptors (Lipinski definition) is 4. The van der Waals surface area contributed by atoms with Crippen molar-refractivity contribution in [1.29, 1.82) is 0 Å². The van der Waals surface area contributed by atoms with Crippen LogP contribution in [0.5, 0.6) is 0 Å². The zero-order valence-corrected chi connectivity index (χ0v) is 11.1. The lowest BCUT2D eigenvalue weighted by Gasteiger charge is -2.26. The Bertz CT molecular complexity index is 238. The molecule has 0 bridgehead atoms. The summed E-state index contributed by atoms with van der Waals surface area (Å²) in [6, 6.07) is -0.0974. The van der Waals surface area contributed by atoms with E-state index in [-0.39, 0.29) is 11.9 Å². The molecule has 1 aliphatic heterocycles. The van der Waals surface area contributed by atoms with Crippen LogP contribution < -0.4 is 10.6 Å². The van der Waals surface area contributed by atoms with Crippen molar-refractivity contribution in [3.05, 3.63) is 0 Å². The van der Waals surface area contributed by atoms with Gasteiger partial charge in [0.25, 0.3) is 0 Å². The molecule has 0 aliphatic carbocycles. The first-order chi connectivity index (χ1) is 7.41. The van der Waals surface area contributed by atoms with Crippen LogP contribution in [-0.4, -0.2) is 40.8 Å². The second-order valence-electron chi connectivity index (χ2n) is 5.08. The first-order valence-electron chi connectivity index (χ1n) is 5.72. The lowest BCUT2D eigenvalue weighted by molar-refractivity contribution is -0.123. The van der Waals surface area contributed by atoms with E-state index in [0.29, 0.717) is 18.9 Å². The molecule has 2 unspecified atom stereocenters. The first-order valence-corrected chi connectivity index (χ1v) is 6.87. The Balaban J connectivity index is 2.29. The molecule has 94 valence electrons. The lowest BCUT2D eigenvalue weighted by Crippen LogP contribution is -2.48. The molecule has 2 atom stereocenters. The Morgan fingerprint density at radius 1 is 1.69 bits per heavy atom. The topological polar surface area (TPSA) is 61.4 Å². The van der Waals surface area contributed by atoms with Gasteiger partial charge in [0.2, 0.25) is 5.91 Å². The predicted molar refractivity (Wildman–Crippen MR) is 67.3 cm³/mol. The van der Waals surface area contributed by atoms with Gasteiger partial charge in [-0.2, -0.15) is 0 Å². The van der Waals surface area contributed by atoms with Crippen LogP contribution >= 0.6 is 11.8 Å². The van der Waals surface area contributed by atoms with Crippen LogP contribution in [0.2, 0.25) is 0 Å². The molecule has 0 aromatic rings. The molecule has 0 radical (unpaired) electrons. The first kappa shape index (κ1) is 13.8. The molecule has 16 heavy (non-hydrogen) atoms. The van der Waals surface area contributed by atoms with Gasteiger partial charge < -0.3 is 10.4 Å². The molecule has 4 nitrogen and oxygen atoms in total. The highest BCUT2D eigenvalue weighted by Crippen LogP contribution is 2.15. The summed E-state index contributed by atoms with van der Waals surface area (Å²) in [5, 5.41) is 15.9. The summed E-state index contributed by atoms with van der Waals surface area (Å²) in [4.78, 5) is 11.7. The van der Waals surface area contributed by atoms with Gasteiger partial charge in [-0.05, 0) is 19.3 Å². The second-order valence-corrected chi connectivity index (χ2v) is 6.11. The molecule has 1 aliphatic rings. The third-order valence-corrected chi connectivity index (χ3v) is 3.46. The van der Waals surface area contributed by atoms with E-state index in [9.17, 15) is 9.90 Å². The molecule has 0 aromatic heterocycles. The van der Waals surface area contributed by atoms with Crippen LogP contribution in [0.1, 0.15) is 27.2 Å². The van der Waals surface area contributed by atoms with E-state index in [2.05, 4.69) is 24.5 Å². The van der Waals surface area contributed by atoms with E-state index in [1.54, 1.807) is 18.7 Å². The van der Waals surface area contributed by atoms with E-state index in [0.717, 1.165) is 11.6 Å². The molecule has 0 spiro atoms. The van der Waals surface area contributed by atoms with Crippen molar-refractivity contribution in [2.75, 3.05) is 18.2 Å². The number of hydrogen-bond donors (Lipinski definition) is 3. The smallest absolute Gasteiger partial charge is 0.238 e. The van der Waals surface area contributed by atoms with Gasteiger partial charge in [-0.25, -0.2) is 0 Å². The van der Waals surface area contributed by atoms with Gasteiger partial charge in [-0.15, -0.1) is 11.8 Å². The molecule has 1 amide bonds. The van der Waals surface area contributed by atoms with E-state index in [1.807, 2.05) is 0 Å². The molecule has 1 heterocycles. The van der Waals surface area contributed by atoms with Gasteiger partial charge in [0.05, 0.1) is 11.6 Å². The molecule has 3 N–H and O–H groups in total. The van der Waals surface area contributed by atoms with E-state index in [1.165, 1.54) is 0 Å². The summed E-state index contributed by atoms with van der Waals surface area (Å²) in [5.41, 5.74) is -0.810. The van der Waals surface area contributed by atoms with Crippen LogP contribution in [0.15, 0.2) is 0 Å². The largest absolute Gasteiger partial charge is 0.388 e. The SMILES string of the molecule is CC(C)CC(C)(O)CNC(=O)C1CSCN1. The van der Waals surface area contributed by atoms with Gasteiger partial charge in [-0.3, -0.25) is 10.1 Å². The zero-order valence-electron chi connectivity index (χ0n) is 10.2. The number of aliphatic hydroxyl groups is 1. The minimum absolute atomic E-state index is 0.00553. The molecular formula is C11H22N2O2S. The number of amides is 1. The minimum atomic E-state index is -0.810. The van der Waals surface area contributed by atoms with Crippen molar-refractivity contribution in [1.82, 2.24) is 10.6 Å². The summed E-state index contributed by atoms with van der Waals surface area (Å²) >= 11 is 1.72. The maximum Gasteiger partial charge on any atom is 0.238 e. The Kier molecular flexibility index (Phi) is 5.08. The summed E-state index contributed by atoms with van der Waals surface area (Å²) in [5.74, 6) is 2.07. The Morgan fingerprint density at radius 3 is 2.88 bits per heavy atom. The van der Waals surface area contributed by atoms with Gasteiger partial charge in [0.15, 0.2) is 0 Å². The van der Waals surface area contributed by atoms with Gasteiger partial charge in [0, 0.05) is 18.2 Å². The zero-order chi connectivity index (χ0) is 12.2. The van der Waals surface area contributed by atoms with Gasteiger partial charge in [0.1, 0.15) is 0 Å². The molecule has 1 rings (SSSR count). The Hall–Kier alpha value is -0.260. The van der Waals surface area contributed by atoms with Crippen molar-refractivity contribution < 1.29 is 9.90 Å². The van der Waals surface area contributed by atoms with Crippen LogP contribution in [0.25, 0.3) is 0 Å². The van der Waals surface area contributed by atoms with Crippen molar-refractivity contribution in [2.24, 2.45) is 5.92 Å². The average molecular weight is 246 g/mol. The van der Waals surface area contributed by atoms with E-state index < -0.39 is 5.60 Å². The molecule has 0 aromatic carbocycles. The normalized spacial score (nSPS) is 24.4. The number of rotatable bonds is 5. The summed E-state index contributed by atoms with van der Waals surface area (Å²) < 4.78 is 0. The molecule has 0 saturated carbocycles. The van der Waals surface area contributed by atoms with Crippen LogP contribution in [0.4, 0.5) is 0 Å². The fourth-order valence-electron chi connectivity index (χ4n) is 1.92. The van der Waals surface area contributed by atoms with Gasteiger partial charge >= 0.3 is 0 Å². The number of carbonyl (C=O) groups excluding carboxylic acids is 1. The summed E-state index contributed by atoms with van der Waals surface area (Å²) in [6.07, 6.45) is 0.695. The van der Waals surface area contributed by atoms with Crippen LogP contribution in [0.3, 0.4) is 0 Å². The van der Waals surface area contributed by atoms with E-state index >= 15 is 0 Å². The standard InChI is InChI=1S/C11H22N2O2S/c1-8(2)4-11(3,15)6-12-10(14)9-5-16-7-13-9/h8-9,13,15H,4-7H2,1-3H3,(H,12,14). The van der Waals surface area contributed by atoms with Gasteiger partial charge in [-0.1, -0.05) is 13.8 Å². The number of carbonyl (C=O) groups is 1. The third kappa shape index (κ3) is 4.72. The van der Waals surface area contributed by atoms with Crippen molar-refractivity contribution in [3.8, 4) is 0 Å². The third-order valence-electron chi connectivity index (χ3n) is 2.52. The lowest BCUT2D eigenvalue weighted by atomic mass is 9.94. The fourth-order valence-corrected chi connectivity index (χ4v) is 2.86. The fraction of sp³-hybridized carbons (Fsp3) is 0.909. The predicted octanol–water partition coefficient (Wildman–Crippen LogP) is 0.562. The Labute approximate surface area is 102 Å². The molecule has 5 heteroatoms. The van der Waals surface area contributed by atoms with E-state index in [4.69, 9.17) is 0 Å². The highest BCUT2D eigenvalue weighted by Gasteiger charge is 2.26. The number of thioether (sulfide) groups is 1. The number of nitrogens with one attached hydrogen (secondary N) is 2. The van der Waals surface area contributed by atoms with Crippen molar-refractivity contribution in [3.63, 3.8) is 0 Å². The maximum absolute atomic E-state index is 11.7. The average Bonchev–Trinajstić information content (AvgIpc) is 2.64. The van der Waals surface area contributed by atoms with Crippen molar-refractivity contribution >= 4 is 17.7 Å². The van der Waals surface area contributed by atoms with Crippen LogP contribution in [-0.2, 0) is 4.79 Å². The second kappa shape index (κ2) is 5.89. The monoisotopic (exact) mass is 246 g/mol. The summed E-state index contributed by atoms with van der Waals surface area (Å²) in [7, 11) is 0. The van der Waals surface area contributed by atoms with Crippen LogP contribution in [0, 0.1) is 5.92 Å². The quantitative estimate of drug-likeness (QED) is 0.663. The molecular weight excluding hydrogens is 224 g/mol. The maximum atomic E-state index is 11.7. The highest BCUT2D eigenvalue weighted by molar-refractivity contribution is 7.99. The highest BCUT2D eigenvalue weighted by atomic mass is 32.2. The minimum Gasteiger partial charge on any atom is -0.388 e. The van der Waals surface area contributed by atoms with Crippen molar-refractivity contribution in [2.45, 2.75) is 38.8 Å². The summed E-state index contributed by atoms with van der Waals surface area (Å²) in [6.45, 7) is 6.22. The molecule has 1 saturated heterocycles. The molecule has 1 fully saturated rings. The Morgan fingerprint density at radius 2 is 2.38 bits per heavy atom.